The predicted octanol–water partition coefficient (Wildman–Crippen LogP) is 5.69. The van der Waals surface area contributed by atoms with Crippen molar-refractivity contribution in [2.75, 3.05) is 11.9 Å². The summed E-state index contributed by atoms with van der Waals surface area (Å²) in [6.45, 7) is 4.24. The number of halogens is 1. The average molecular weight is 483 g/mol. The van der Waals surface area contributed by atoms with E-state index in [4.69, 9.17) is 21.1 Å². The zero-order valence-corrected chi connectivity index (χ0v) is 19.3. The number of nitro groups is 1. The molecule has 0 saturated carbocycles. The SMILES string of the molecule is CCOc1cc(C=NNC(=O)Nc2ccccc2C)cc(Cl)c1OCc1ccc([N+](=O)[O-])cc1. The Bertz CT molecular complexity index is 1200. The number of aryl methyl sites for hydroxylation is 1. The number of hydrazone groups is 1. The molecule has 0 atom stereocenters. The summed E-state index contributed by atoms with van der Waals surface area (Å²) in [5, 5.41) is 17.8. The highest BCUT2D eigenvalue weighted by Crippen LogP contribution is 2.37. The van der Waals surface area contributed by atoms with E-state index in [1.807, 2.05) is 32.0 Å². The summed E-state index contributed by atoms with van der Waals surface area (Å²) in [7, 11) is 0. The maximum atomic E-state index is 12.1. The van der Waals surface area contributed by atoms with Crippen molar-refractivity contribution >= 4 is 35.2 Å². The molecule has 9 nitrogen and oxygen atoms in total. The molecule has 0 heterocycles. The first-order valence-electron chi connectivity index (χ1n) is 10.4. The van der Waals surface area contributed by atoms with Crippen molar-refractivity contribution in [3.8, 4) is 11.5 Å². The Morgan fingerprint density at radius 1 is 1.15 bits per heavy atom. The zero-order valence-electron chi connectivity index (χ0n) is 18.6. The van der Waals surface area contributed by atoms with Gasteiger partial charge in [-0.1, -0.05) is 29.8 Å². The number of ether oxygens (including phenoxy) is 2. The maximum absolute atomic E-state index is 12.1. The summed E-state index contributed by atoms with van der Waals surface area (Å²) >= 11 is 6.41. The van der Waals surface area contributed by atoms with E-state index in [9.17, 15) is 14.9 Å². The second kappa shape index (κ2) is 11.7. The molecule has 0 bridgehead atoms. The van der Waals surface area contributed by atoms with Crippen molar-refractivity contribution < 1.29 is 19.2 Å². The summed E-state index contributed by atoms with van der Waals surface area (Å²) in [6, 6.07) is 16.3. The third kappa shape index (κ3) is 6.69. The number of para-hydroxylation sites is 1. The third-order valence-corrected chi connectivity index (χ3v) is 4.92. The molecule has 0 fully saturated rings. The van der Waals surface area contributed by atoms with Gasteiger partial charge in [-0.2, -0.15) is 5.10 Å². The normalized spacial score (nSPS) is 10.7. The molecule has 0 unspecified atom stereocenters. The monoisotopic (exact) mass is 482 g/mol. The fourth-order valence-corrected chi connectivity index (χ4v) is 3.24. The van der Waals surface area contributed by atoms with E-state index in [1.165, 1.54) is 18.3 Å². The number of nitrogens with one attached hydrogen (secondary N) is 2. The standard InChI is InChI=1S/C24H23ClN4O5/c1-3-33-22-13-18(14-26-28-24(30)27-21-7-5-4-6-16(21)2)12-20(25)23(22)34-15-17-8-10-19(11-9-17)29(31)32/h4-14H,3,15H2,1-2H3,(H2,27,28,30). The fourth-order valence-electron chi connectivity index (χ4n) is 2.96. The van der Waals surface area contributed by atoms with Crippen LogP contribution in [-0.2, 0) is 6.61 Å². The molecule has 10 heteroatoms. The van der Waals surface area contributed by atoms with Gasteiger partial charge in [0, 0.05) is 17.8 Å². The van der Waals surface area contributed by atoms with Gasteiger partial charge in [0.25, 0.3) is 5.69 Å². The quantitative estimate of drug-likeness (QED) is 0.231. The lowest BCUT2D eigenvalue weighted by Gasteiger charge is -2.14. The van der Waals surface area contributed by atoms with Crippen molar-refractivity contribution in [3.63, 3.8) is 0 Å². The lowest BCUT2D eigenvalue weighted by molar-refractivity contribution is -0.384. The Labute approximate surface area is 201 Å². The molecular formula is C24H23ClN4O5. The predicted molar refractivity (Wildman–Crippen MR) is 131 cm³/mol. The van der Waals surface area contributed by atoms with Crippen LogP contribution in [0.3, 0.4) is 0 Å². The van der Waals surface area contributed by atoms with Crippen LogP contribution in [0.2, 0.25) is 5.02 Å². The summed E-state index contributed by atoms with van der Waals surface area (Å²) in [4.78, 5) is 22.4. The molecule has 0 radical (unpaired) electrons. The number of carbonyl (C=O) groups is 1. The van der Waals surface area contributed by atoms with Crippen molar-refractivity contribution in [3.05, 3.63) is 92.5 Å². The molecule has 176 valence electrons. The minimum absolute atomic E-state index is 0.00150. The summed E-state index contributed by atoms with van der Waals surface area (Å²) in [5.41, 5.74) is 5.35. The minimum atomic E-state index is -0.482. The second-order valence-corrected chi connectivity index (χ2v) is 7.52. The summed E-state index contributed by atoms with van der Waals surface area (Å²) < 4.78 is 11.5. The number of amides is 2. The zero-order chi connectivity index (χ0) is 24.5. The molecule has 0 aliphatic heterocycles. The van der Waals surface area contributed by atoms with Crippen molar-refractivity contribution in [2.45, 2.75) is 20.5 Å². The van der Waals surface area contributed by atoms with Crippen LogP contribution in [0.1, 0.15) is 23.6 Å². The van der Waals surface area contributed by atoms with Gasteiger partial charge in [0.05, 0.1) is 22.8 Å². The summed E-state index contributed by atoms with van der Waals surface area (Å²) in [6.07, 6.45) is 1.44. The van der Waals surface area contributed by atoms with E-state index in [2.05, 4.69) is 15.8 Å². The maximum Gasteiger partial charge on any atom is 0.339 e. The molecule has 0 saturated heterocycles. The molecule has 3 rings (SSSR count). The highest BCUT2D eigenvalue weighted by molar-refractivity contribution is 6.32. The lowest BCUT2D eigenvalue weighted by Crippen LogP contribution is -2.24. The number of carbonyl (C=O) groups excluding carboxylic acids is 1. The molecular weight excluding hydrogens is 460 g/mol. The van der Waals surface area contributed by atoms with Gasteiger partial charge in [-0.15, -0.1) is 0 Å². The number of hydrogen-bond acceptors (Lipinski definition) is 6. The van der Waals surface area contributed by atoms with Gasteiger partial charge >= 0.3 is 6.03 Å². The van der Waals surface area contributed by atoms with Crippen LogP contribution in [0.4, 0.5) is 16.2 Å². The average Bonchev–Trinajstić information content (AvgIpc) is 2.80. The number of anilines is 1. The second-order valence-electron chi connectivity index (χ2n) is 7.11. The number of benzene rings is 3. The Hall–Kier alpha value is -4.11. The topological polar surface area (TPSA) is 115 Å². The first-order chi connectivity index (χ1) is 16.4. The molecule has 3 aromatic rings. The third-order valence-electron chi connectivity index (χ3n) is 4.64. The molecule has 2 N–H and O–H groups in total. The number of urea groups is 1. The van der Waals surface area contributed by atoms with E-state index >= 15 is 0 Å². The van der Waals surface area contributed by atoms with E-state index in [0.717, 1.165) is 11.1 Å². The van der Waals surface area contributed by atoms with E-state index in [0.29, 0.717) is 34.4 Å². The van der Waals surface area contributed by atoms with E-state index < -0.39 is 11.0 Å². The Morgan fingerprint density at radius 3 is 2.56 bits per heavy atom. The van der Waals surface area contributed by atoms with Crippen LogP contribution in [0.5, 0.6) is 11.5 Å². The number of hydrogen-bond donors (Lipinski definition) is 2. The Balaban J connectivity index is 1.66. The molecule has 0 spiro atoms. The highest BCUT2D eigenvalue weighted by Gasteiger charge is 2.13. The van der Waals surface area contributed by atoms with Crippen molar-refractivity contribution in [1.29, 1.82) is 0 Å². The van der Waals surface area contributed by atoms with Crippen molar-refractivity contribution in [2.24, 2.45) is 5.10 Å². The van der Waals surface area contributed by atoms with Gasteiger partial charge in [-0.05, 0) is 60.9 Å². The Kier molecular flexibility index (Phi) is 8.42. The van der Waals surface area contributed by atoms with Crippen LogP contribution in [-0.4, -0.2) is 23.8 Å². The number of nitrogens with zero attached hydrogens (tertiary/aromatic N) is 2. The van der Waals surface area contributed by atoms with E-state index in [-0.39, 0.29) is 12.3 Å². The smallest absolute Gasteiger partial charge is 0.339 e. The van der Waals surface area contributed by atoms with Crippen molar-refractivity contribution in [1.82, 2.24) is 5.43 Å². The molecule has 3 aromatic carbocycles. The van der Waals surface area contributed by atoms with Gasteiger partial charge in [0.1, 0.15) is 6.61 Å². The number of nitro benzene ring substituents is 1. The van der Waals surface area contributed by atoms with E-state index in [1.54, 1.807) is 30.3 Å². The minimum Gasteiger partial charge on any atom is -0.490 e. The Morgan fingerprint density at radius 2 is 1.88 bits per heavy atom. The molecule has 2 amide bonds. The van der Waals surface area contributed by atoms with Crippen LogP contribution >= 0.6 is 11.6 Å². The fraction of sp³-hybridized carbons (Fsp3) is 0.167. The van der Waals surface area contributed by atoms with Crippen LogP contribution < -0.4 is 20.2 Å². The molecule has 0 aromatic heterocycles. The molecule has 0 aliphatic carbocycles. The van der Waals surface area contributed by atoms with Crippen LogP contribution in [0, 0.1) is 17.0 Å². The largest absolute Gasteiger partial charge is 0.490 e. The number of rotatable bonds is 9. The van der Waals surface area contributed by atoms with Gasteiger partial charge in [-0.3, -0.25) is 10.1 Å². The van der Waals surface area contributed by atoms with Gasteiger partial charge in [-0.25, -0.2) is 10.2 Å². The lowest BCUT2D eigenvalue weighted by atomic mass is 10.2. The van der Waals surface area contributed by atoms with Crippen LogP contribution in [0.15, 0.2) is 65.8 Å². The van der Waals surface area contributed by atoms with Gasteiger partial charge in [0.2, 0.25) is 0 Å². The summed E-state index contributed by atoms with van der Waals surface area (Å²) in [5.74, 6) is 0.743. The highest BCUT2D eigenvalue weighted by atomic mass is 35.5. The molecule has 0 aliphatic rings. The van der Waals surface area contributed by atoms with Crippen LogP contribution in [0.25, 0.3) is 0 Å². The first kappa shape index (κ1) is 24.5. The number of non-ortho nitro benzene ring substituents is 1. The molecule has 34 heavy (non-hydrogen) atoms. The first-order valence-corrected chi connectivity index (χ1v) is 10.7. The van der Waals surface area contributed by atoms with Gasteiger partial charge < -0.3 is 14.8 Å². The van der Waals surface area contributed by atoms with Gasteiger partial charge in [0.15, 0.2) is 11.5 Å².